The number of ether oxygens (including phenoxy) is 2. The molecule has 7 nitrogen and oxygen atoms in total. The van der Waals surface area contributed by atoms with E-state index in [4.69, 9.17) is 9.47 Å². The second-order valence-electron chi connectivity index (χ2n) is 7.68. The zero-order valence-electron chi connectivity index (χ0n) is 18.0. The van der Waals surface area contributed by atoms with Gasteiger partial charge in [-0.3, -0.25) is 9.78 Å². The molecule has 1 aliphatic rings. The highest BCUT2D eigenvalue weighted by Gasteiger charge is 2.22. The SMILES string of the molecule is COc1ccc(COc2ccc3c(c2)CN(C(=O)c2ccc(N(C)C)nc2)CC3)nc1. The molecule has 0 unspecified atom stereocenters. The number of hydrogen-bond donors (Lipinski definition) is 0. The monoisotopic (exact) mass is 418 g/mol. The van der Waals surface area contributed by atoms with E-state index in [1.807, 2.05) is 60.3 Å². The molecule has 0 fully saturated rings. The molecule has 0 N–H and O–H groups in total. The number of hydrogen-bond acceptors (Lipinski definition) is 6. The summed E-state index contributed by atoms with van der Waals surface area (Å²) in [6.07, 6.45) is 4.15. The molecule has 0 aliphatic carbocycles. The number of methoxy groups -OCH3 is 1. The number of benzene rings is 1. The van der Waals surface area contributed by atoms with Gasteiger partial charge < -0.3 is 19.3 Å². The van der Waals surface area contributed by atoms with Crippen LogP contribution < -0.4 is 14.4 Å². The van der Waals surface area contributed by atoms with Gasteiger partial charge in [-0.05, 0) is 53.9 Å². The van der Waals surface area contributed by atoms with Crippen molar-refractivity contribution in [3.8, 4) is 11.5 Å². The Morgan fingerprint density at radius 1 is 1.03 bits per heavy atom. The Labute approximate surface area is 182 Å². The number of fused-ring (bicyclic) bond motifs is 1. The molecule has 0 radical (unpaired) electrons. The van der Waals surface area contributed by atoms with Crippen LogP contribution in [0.2, 0.25) is 0 Å². The van der Waals surface area contributed by atoms with Crippen LogP contribution in [0.25, 0.3) is 0 Å². The highest BCUT2D eigenvalue weighted by molar-refractivity contribution is 5.94. The fraction of sp³-hybridized carbons (Fsp3) is 0.292. The van der Waals surface area contributed by atoms with Crippen molar-refractivity contribution in [1.82, 2.24) is 14.9 Å². The van der Waals surface area contributed by atoms with E-state index >= 15 is 0 Å². The van der Waals surface area contributed by atoms with Crippen molar-refractivity contribution in [2.45, 2.75) is 19.6 Å². The molecule has 31 heavy (non-hydrogen) atoms. The Hall–Kier alpha value is -3.61. The number of pyridine rings is 2. The van der Waals surface area contributed by atoms with E-state index in [1.165, 1.54) is 5.56 Å². The maximum atomic E-state index is 13.0. The van der Waals surface area contributed by atoms with Gasteiger partial charge >= 0.3 is 0 Å². The molecule has 0 saturated heterocycles. The fourth-order valence-corrected chi connectivity index (χ4v) is 3.53. The van der Waals surface area contributed by atoms with Crippen LogP contribution >= 0.6 is 0 Å². The smallest absolute Gasteiger partial charge is 0.255 e. The molecule has 1 aromatic carbocycles. The molecule has 1 amide bonds. The summed E-state index contributed by atoms with van der Waals surface area (Å²) >= 11 is 0. The number of amides is 1. The van der Waals surface area contributed by atoms with Crippen molar-refractivity contribution < 1.29 is 14.3 Å². The van der Waals surface area contributed by atoms with Crippen LogP contribution in [0.5, 0.6) is 11.5 Å². The van der Waals surface area contributed by atoms with E-state index < -0.39 is 0 Å². The molecular formula is C24H26N4O3. The van der Waals surface area contributed by atoms with Gasteiger partial charge in [0.2, 0.25) is 0 Å². The summed E-state index contributed by atoms with van der Waals surface area (Å²) in [5.74, 6) is 2.31. The number of rotatable bonds is 6. The molecule has 1 aliphatic heterocycles. The first-order valence-electron chi connectivity index (χ1n) is 10.2. The zero-order valence-corrected chi connectivity index (χ0v) is 18.0. The van der Waals surface area contributed by atoms with Gasteiger partial charge in [0.05, 0.1) is 24.6 Å². The number of anilines is 1. The molecule has 3 heterocycles. The molecule has 160 valence electrons. The van der Waals surface area contributed by atoms with Crippen molar-refractivity contribution in [2.75, 3.05) is 32.6 Å². The number of carbonyl (C=O) groups is 1. The Bertz CT molecular complexity index is 1050. The van der Waals surface area contributed by atoms with Gasteiger partial charge in [-0.2, -0.15) is 0 Å². The molecule has 0 spiro atoms. The lowest BCUT2D eigenvalue weighted by atomic mass is 9.99. The van der Waals surface area contributed by atoms with Gasteiger partial charge in [-0.15, -0.1) is 0 Å². The van der Waals surface area contributed by atoms with Crippen LogP contribution in [0.15, 0.2) is 54.9 Å². The first kappa shape index (κ1) is 20.7. The van der Waals surface area contributed by atoms with Crippen LogP contribution in [0.3, 0.4) is 0 Å². The highest BCUT2D eigenvalue weighted by atomic mass is 16.5. The third-order valence-corrected chi connectivity index (χ3v) is 5.35. The van der Waals surface area contributed by atoms with Gasteiger partial charge in [0.1, 0.15) is 23.9 Å². The molecule has 0 saturated carbocycles. The lowest BCUT2D eigenvalue weighted by Crippen LogP contribution is -2.36. The maximum Gasteiger partial charge on any atom is 0.255 e. The Morgan fingerprint density at radius 2 is 1.87 bits per heavy atom. The Morgan fingerprint density at radius 3 is 2.55 bits per heavy atom. The minimum atomic E-state index is -0.00258. The molecule has 4 rings (SSSR count). The summed E-state index contributed by atoms with van der Waals surface area (Å²) in [5.41, 5.74) is 3.79. The largest absolute Gasteiger partial charge is 0.495 e. The Kier molecular flexibility index (Phi) is 6.02. The van der Waals surface area contributed by atoms with Crippen LogP contribution in [0, 0.1) is 0 Å². The number of carbonyl (C=O) groups excluding carboxylic acids is 1. The van der Waals surface area contributed by atoms with Crippen molar-refractivity contribution in [3.63, 3.8) is 0 Å². The lowest BCUT2D eigenvalue weighted by molar-refractivity contribution is 0.0734. The summed E-state index contributed by atoms with van der Waals surface area (Å²) in [5, 5.41) is 0. The maximum absolute atomic E-state index is 13.0. The van der Waals surface area contributed by atoms with E-state index in [0.29, 0.717) is 31.0 Å². The average molecular weight is 418 g/mol. The van der Waals surface area contributed by atoms with E-state index in [9.17, 15) is 4.79 Å². The van der Waals surface area contributed by atoms with Crippen molar-refractivity contribution in [3.05, 3.63) is 77.2 Å². The van der Waals surface area contributed by atoms with Crippen molar-refractivity contribution in [2.24, 2.45) is 0 Å². The summed E-state index contributed by atoms with van der Waals surface area (Å²) in [7, 11) is 5.47. The molecular weight excluding hydrogens is 392 g/mol. The first-order valence-corrected chi connectivity index (χ1v) is 10.2. The predicted octanol–water partition coefficient (Wildman–Crippen LogP) is 3.33. The van der Waals surface area contributed by atoms with E-state index in [1.54, 1.807) is 19.5 Å². The number of nitrogens with zero attached hydrogens (tertiary/aromatic N) is 4. The Balaban J connectivity index is 1.42. The summed E-state index contributed by atoms with van der Waals surface area (Å²) in [6, 6.07) is 13.5. The molecule has 3 aromatic rings. The standard InChI is InChI=1S/C24H26N4O3/c1-27(2)23-9-5-18(13-26-23)24(29)28-11-10-17-4-7-21(12-19(17)15-28)31-16-20-6-8-22(30-3)14-25-20/h4-9,12-14H,10-11,15-16H2,1-3H3. The molecule has 0 bridgehead atoms. The second-order valence-corrected chi connectivity index (χ2v) is 7.68. The predicted molar refractivity (Wildman–Crippen MR) is 119 cm³/mol. The summed E-state index contributed by atoms with van der Waals surface area (Å²) < 4.78 is 11.1. The minimum Gasteiger partial charge on any atom is -0.495 e. The molecule has 7 heteroatoms. The normalized spacial score (nSPS) is 12.8. The topological polar surface area (TPSA) is 67.8 Å². The van der Waals surface area contributed by atoms with Crippen molar-refractivity contribution >= 4 is 11.7 Å². The van der Waals surface area contributed by atoms with Gasteiger partial charge in [0.15, 0.2) is 0 Å². The number of aromatic nitrogens is 2. The lowest BCUT2D eigenvalue weighted by Gasteiger charge is -2.29. The van der Waals surface area contributed by atoms with Crippen LogP contribution in [0.4, 0.5) is 5.82 Å². The third kappa shape index (κ3) is 4.77. The highest BCUT2D eigenvalue weighted by Crippen LogP contribution is 2.25. The second kappa shape index (κ2) is 9.04. The van der Waals surface area contributed by atoms with E-state index in [2.05, 4.69) is 16.0 Å². The zero-order chi connectivity index (χ0) is 21.8. The quantitative estimate of drug-likeness (QED) is 0.612. The van der Waals surface area contributed by atoms with E-state index in [0.717, 1.165) is 29.2 Å². The first-order chi connectivity index (χ1) is 15.0. The van der Waals surface area contributed by atoms with Gasteiger partial charge in [-0.1, -0.05) is 6.07 Å². The molecule has 2 aromatic heterocycles. The van der Waals surface area contributed by atoms with Crippen LogP contribution in [-0.2, 0) is 19.6 Å². The molecule has 0 atom stereocenters. The summed E-state index contributed by atoms with van der Waals surface area (Å²) in [6.45, 7) is 1.62. The van der Waals surface area contributed by atoms with Gasteiger partial charge in [0, 0.05) is 33.4 Å². The fourth-order valence-electron chi connectivity index (χ4n) is 3.53. The average Bonchev–Trinajstić information content (AvgIpc) is 2.82. The minimum absolute atomic E-state index is 0.00258. The van der Waals surface area contributed by atoms with Gasteiger partial charge in [-0.25, -0.2) is 4.98 Å². The van der Waals surface area contributed by atoms with Crippen molar-refractivity contribution in [1.29, 1.82) is 0 Å². The van der Waals surface area contributed by atoms with Gasteiger partial charge in [0.25, 0.3) is 5.91 Å². The van der Waals surface area contributed by atoms with Crippen LogP contribution in [-0.4, -0.2) is 48.5 Å². The summed E-state index contributed by atoms with van der Waals surface area (Å²) in [4.78, 5) is 25.4. The van der Waals surface area contributed by atoms with Crippen LogP contribution in [0.1, 0.15) is 27.2 Å². The van der Waals surface area contributed by atoms with E-state index in [-0.39, 0.29) is 5.91 Å². The third-order valence-electron chi connectivity index (χ3n) is 5.35.